The van der Waals surface area contributed by atoms with Gasteiger partial charge in [-0.05, 0) is 45.0 Å². The predicted octanol–water partition coefficient (Wildman–Crippen LogP) is 4.22. The normalized spacial score (nSPS) is 10.7. The summed E-state index contributed by atoms with van der Waals surface area (Å²) < 4.78 is 15.3. The lowest BCUT2D eigenvalue weighted by Crippen LogP contribution is -2.25. The van der Waals surface area contributed by atoms with E-state index in [9.17, 15) is 9.59 Å². The number of para-hydroxylation sites is 2. The molecule has 0 atom stereocenters. The topological polar surface area (TPSA) is 61.8 Å². The lowest BCUT2D eigenvalue weighted by atomic mass is 10.1. The van der Waals surface area contributed by atoms with Gasteiger partial charge in [0.15, 0.2) is 0 Å². The quantitative estimate of drug-likeness (QED) is 0.482. The van der Waals surface area contributed by atoms with Crippen LogP contribution in [0.15, 0.2) is 54.6 Å². The van der Waals surface area contributed by atoms with Crippen LogP contribution in [0.5, 0.6) is 11.5 Å². The summed E-state index contributed by atoms with van der Waals surface area (Å²) in [4.78, 5) is 23.8. The fourth-order valence-electron chi connectivity index (χ4n) is 1.79. The van der Waals surface area contributed by atoms with E-state index in [1.54, 1.807) is 48.5 Å². The van der Waals surface area contributed by atoms with Crippen LogP contribution in [0.2, 0.25) is 0 Å². The van der Waals surface area contributed by atoms with Crippen LogP contribution in [0.3, 0.4) is 0 Å². The lowest BCUT2D eigenvalue weighted by molar-refractivity contribution is 0.0518. The minimum atomic E-state index is -1.09. The van der Waals surface area contributed by atoms with E-state index < -0.39 is 17.7 Å². The molecular weight excluding hydrogens is 296 g/mol. The number of carbonyl (C=O) groups excluding carboxylic acids is 2. The van der Waals surface area contributed by atoms with Crippen LogP contribution in [0.25, 0.3) is 0 Å². The number of carbonyl (C=O) groups is 2. The first-order valence-electron chi connectivity index (χ1n) is 7.12. The molecule has 0 saturated carbocycles. The first kappa shape index (κ1) is 16.5. The zero-order chi connectivity index (χ0) is 16.9. The molecule has 0 aliphatic rings. The Bertz CT molecular complexity index is 686. The first-order valence-corrected chi connectivity index (χ1v) is 7.12. The number of benzene rings is 2. The van der Waals surface area contributed by atoms with Crippen molar-refractivity contribution in [1.29, 1.82) is 0 Å². The Kier molecular flexibility index (Phi) is 5.01. The summed E-state index contributed by atoms with van der Waals surface area (Å²) in [6.45, 7) is 5.58. The van der Waals surface area contributed by atoms with Crippen LogP contribution < -0.4 is 9.47 Å². The van der Waals surface area contributed by atoms with Gasteiger partial charge in [-0.2, -0.15) is 0 Å². The highest BCUT2D eigenvalue weighted by Crippen LogP contribution is 2.24. The van der Waals surface area contributed by atoms with E-state index in [0.717, 1.165) is 0 Å². The van der Waals surface area contributed by atoms with Crippen molar-refractivity contribution < 1.29 is 23.8 Å². The van der Waals surface area contributed by atoms with Crippen LogP contribution in [-0.4, -0.2) is 17.7 Å². The molecule has 2 aromatic rings. The minimum absolute atomic E-state index is 0.160. The largest absolute Gasteiger partial charge is 0.521 e. The number of ether oxygens (including phenoxy) is 3. The van der Waals surface area contributed by atoms with Gasteiger partial charge in [0.1, 0.15) is 22.7 Å². The molecule has 2 rings (SSSR count). The molecule has 0 aliphatic heterocycles. The highest BCUT2D eigenvalue weighted by Gasteiger charge is 2.21. The molecule has 0 saturated heterocycles. The molecule has 0 aromatic heterocycles. The number of rotatable bonds is 3. The van der Waals surface area contributed by atoms with Gasteiger partial charge in [0, 0.05) is 0 Å². The maximum Gasteiger partial charge on any atom is 0.521 e. The van der Waals surface area contributed by atoms with E-state index in [1.165, 1.54) is 6.07 Å². The molecule has 0 N–H and O–H groups in total. The van der Waals surface area contributed by atoms with Gasteiger partial charge >= 0.3 is 12.1 Å². The van der Waals surface area contributed by atoms with Crippen LogP contribution >= 0.6 is 0 Å². The smallest absolute Gasteiger partial charge is 0.487 e. The average molecular weight is 314 g/mol. The van der Waals surface area contributed by atoms with Crippen molar-refractivity contribution in [3.63, 3.8) is 0 Å². The Labute approximate surface area is 134 Å². The van der Waals surface area contributed by atoms with Crippen molar-refractivity contribution in [3.05, 3.63) is 60.2 Å². The Hall–Kier alpha value is -2.82. The van der Waals surface area contributed by atoms with Gasteiger partial charge in [0.2, 0.25) is 0 Å². The van der Waals surface area contributed by atoms with Crippen LogP contribution in [0.1, 0.15) is 31.1 Å². The Morgan fingerprint density at radius 2 is 1.48 bits per heavy atom. The van der Waals surface area contributed by atoms with Gasteiger partial charge in [-0.3, -0.25) is 0 Å². The van der Waals surface area contributed by atoms with Crippen LogP contribution in [0.4, 0.5) is 4.79 Å². The van der Waals surface area contributed by atoms with Gasteiger partial charge in [-0.15, -0.1) is 0 Å². The van der Waals surface area contributed by atoms with Crippen molar-refractivity contribution in [2.75, 3.05) is 0 Å². The molecule has 0 amide bonds. The predicted molar refractivity (Wildman–Crippen MR) is 84.7 cm³/mol. The second kappa shape index (κ2) is 6.96. The molecule has 0 spiro atoms. The molecule has 5 heteroatoms. The van der Waals surface area contributed by atoms with Gasteiger partial charge in [0.25, 0.3) is 0 Å². The fraction of sp³-hybridized carbons (Fsp3) is 0.222. The molecule has 0 bridgehead atoms. The molecule has 5 nitrogen and oxygen atoms in total. The Morgan fingerprint density at radius 3 is 2.13 bits per heavy atom. The highest BCUT2D eigenvalue weighted by molar-refractivity contribution is 5.97. The van der Waals surface area contributed by atoms with Crippen molar-refractivity contribution in [2.24, 2.45) is 0 Å². The highest BCUT2D eigenvalue weighted by atomic mass is 16.7. The number of hydrogen-bond acceptors (Lipinski definition) is 5. The van der Waals surface area contributed by atoms with Crippen molar-refractivity contribution in [3.8, 4) is 11.5 Å². The fourth-order valence-corrected chi connectivity index (χ4v) is 1.79. The summed E-state index contributed by atoms with van der Waals surface area (Å²) in [5.74, 6) is -0.187. The van der Waals surface area contributed by atoms with Gasteiger partial charge < -0.3 is 14.2 Å². The zero-order valence-electron chi connectivity index (χ0n) is 13.2. The van der Waals surface area contributed by atoms with Crippen LogP contribution in [-0.2, 0) is 4.74 Å². The molecule has 2 aromatic carbocycles. The molecule has 0 unspecified atom stereocenters. The van der Waals surface area contributed by atoms with E-state index in [1.807, 2.05) is 20.8 Å². The van der Waals surface area contributed by atoms with E-state index in [2.05, 4.69) is 0 Å². The maximum absolute atomic E-state index is 12.1. The molecular formula is C18H18O5. The summed E-state index contributed by atoms with van der Waals surface area (Å²) >= 11 is 0. The van der Waals surface area contributed by atoms with Gasteiger partial charge in [-0.1, -0.05) is 30.3 Å². The SMILES string of the molecule is CC(C)(C)Oc1ccccc1C(=O)OC(=O)Oc1ccccc1. The summed E-state index contributed by atoms with van der Waals surface area (Å²) in [6, 6.07) is 14.9. The first-order chi connectivity index (χ1) is 10.8. The zero-order valence-corrected chi connectivity index (χ0v) is 13.2. The third-order valence-corrected chi connectivity index (χ3v) is 2.64. The monoisotopic (exact) mass is 314 g/mol. The van der Waals surface area contributed by atoms with Crippen molar-refractivity contribution in [2.45, 2.75) is 26.4 Å². The van der Waals surface area contributed by atoms with E-state index >= 15 is 0 Å². The van der Waals surface area contributed by atoms with E-state index in [-0.39, 0.29) is 5.56 Å². The summed E-state index contributed by atoms with van der Waals surface area (Å²) in [5, 5.41) is 0. The number of hydrogen-bond donors (Lipinski definition) is 0. The average Bonchev–Trinajstić information content (AvgIpc) is 2.47. The molecule has 23 heavy (non-hydrogen) atoms. The number of esters is 1. The second-order valence-electron chi connectivity index (χ2n) is 5.77. The summed E-state index contributed by atoms with van der Waals surface area (Å²) in [5.41, 5.74) is -0.326. The van der Waals surface area contributed by atoms with Crippen molar-refractivity contribution in [1.82, 2.24) is 0 Å². The van der Waals surface area contributed by atoms with Crippen LogP contribution in [0, 0.1) is 0 Å². The second-order valence-corrected chi connectivity index (χ2v) is 5.77. The van der Waals surface area contributed by atoms with E-state index in [4.69, 9.17) is 14.2 Å². The molecule has 0 radical (unpaired) electrons. The molecule has 0 fully saturated rings. The Morgan fingerprint density at radius 1 is 0.870 bits per heavy atom. The van der Waals surface area contributed by atoms with Crippen molar-refractivity contribution >= 4 is 12.1 Å². The summed E-state index contributed by atoms with van der Waals surface area (Å²) in [7, 11) is 0. The van der Waals surface area contributed by atoms with E-state index in [0.29, 0.717) is 11.5 Å². The van der Waals surface area contributed by atoms with Gasteiger partial charge in [0.05, 0.1) is 0 Å². The van der Waals surface area contributed by atoms with Gasteiger partial charge in [-0.25, -0.2) is 9.59 Å². The summed E-state index contributed by atoms with van der Waals surface area (Å²) in [6.07, 6.45) is -1.09. The molecule has 120 valence electrons. The third-order valence-electron chi connectivity index (χ3n) is 2.64. The Balaban J connectivity index is 2.07. The molecule has 0 aliphatic carbocycles. The lowest BCUT2D eigenvalue weighted by Gasteiger charge is -2.22. The maximum atomic E-state index is 12.1. The standard InChI is InChI=1S/C18H18O5/c1-18(2,3)23-15-12-8-7-11-14(15)16(19)22-17(20)21-13-9-5-4-6-10-13/h4-12H,1-3H3. The molecule has 0 heterocycles. The minimum Gasteiger partial charge on any atom is -0.487 e. The third kappa shape index (κ3) is 5.14.